The van der Waals surface area contributed by atoms with Gasteiger partial charge in [0.15, 0.2) is 6.29 Å². The Labute approximate surface area is 136 Å². The standard InChI is InChI=1S/C14H25N5O2S/c1-14(2,3)19-13(22)18(15-16-19)10-17-7-5-4-6-11(17)12-20-8-9-21-12/h11-12H,4-10H2,1-3H3. The van der Waals surface area contributed by atoms with Gasteiger partial charge in [-0.3, -0.25) is 4.90 Å². The number of rotatable bonds is 3. The number of piperidine rings is 1. The SMILES string of the molecule is CC(C)(C)n1nnn(CN2CCCCC2C2OCCO2)c1=S. The number of ether oxygens (including phenoxy) is 2. The lowest BCUT2D eigenvalue weighted by atomic mass is 10.0. The molecule has 2 aliphatic heterocycles. The molecule has 1 aromatic rings. The Morgan fingerprint density at radius 2 is 1.91 bits per heavy atom. The summed E-state index contributed by atoms with van der Waals surface area (Å²) < 4.78 is 15.7. The highest BCUT2D eigenvalue weighted by atomic mass is 32.1. The third-order valence-electron chi connectivity index (χ3n) is 4.22. The molecule has 8 heteroatoms. The van der Waals surface area contributed by atoms with Crippen molar-refractivity contribution in [2.75, 3.05) is 19.8 Å². The maximum absolute atomic E-state index is 5.71. The van der Waals surface area contributed by atoms with Crippen molar-refractivity contribution >= 4 is 12.2 Å². The van der Waals surface area contributed by atoms with Gasteiger partial charge in [-0.2, -0.15) is 0 Å². The average molecular weight is 327 g/mol. The van der Waals surface area contributed by atoms with E-state index < -0.39 is 0 Å². The van der Waals surface area contributed by atoms with Crippen LogP contribution in [0.5, 0.6) is 0 Å². The van der Waals surface area contributed by atoms with Crippen LogP contribution in [-0.4, -0.2) is 56.8 Å². The molecule has 0 amide bonds. The van der Waals surface area contributed by atoms with Crippen LogP contribution in [0.15, 0.2) is 0 Å². The molecule has 0 spiro atoms. The minimum Gasteiger partial charge on any atom is -0.349 e. The summed E-state index contributed by atoms with van der Waals surface area (Å²) in [6.07, 6.45) is 3.37. The molecule has 3 rings (SSSR count). The van der Waals surface area contributed by atoms with Crippen molar-refractivity contribution in [3.05, 3.63) is 4.77 Å². The predicted molar refractivity (Wildman–Crippen MR) is 83.9 cm³/mol. The second-order valence-corrected chi connectivity index (χ2v) is 7.34. The van der Waals surface area contributed by atoms with E-state index in [9.17, 15) is 0 Å². The van der Waals surface area contributed by atoms with Gasteiger partial charge in [0.1, 0.15) is 0 Å². The molecule has 22 heavy (non-hydrogen) atoms. The summed E-state index contributed by atoms with van der Waals surface area (Å²) in [5.41, 5.74) is -0.158. The maximum Gasteiger partial charge on any atom is 0.217 e. The van der Waals surface area contributed by atoms with Crippen molar-refractivity contribution in [2.24, 2.45) is 0 Å². The van der Waals surface area contributed by atoms with Gasteiger partial charge >= 0.3 is 0 Å². The van der Waals surface area contributed by atoms with E-state index in [-0.39, 0.29) is 17.9 Å². The zero-order valence-corrected chi connectivity index (χ0v) is 14.4. The van der Waals surface area contributed by atoms with Crippen molar-refractivity contribution in [1.82, 2.24) is 24.7 Å². The first kappa shape index (κ1) is 16.0. The van der Waals surface area contributed by atoms with Crippen LogP contribution >= 0.6 is 12.2 Å². The van der Waals surface area contributed by atoms with Gasteiger partial charge in [0, 0.05) is 6.54 Å². The van der Waals surface area contributed by atoms with Crippen LogP contribution in [-0.2, 0) is 21.7 Å². The van der Waals surface area contributed by atoms with Crippen molar-refractivity contribution in [3.8, 4) is 0 Å². The molecule has 1 aromatic heterocycles. The second kappa shape index (κ2) is 6.35. The molecule has 0 aromatic carbocycles. The zero-order valence-electron chi connectivity index (χ0n) is 13.6. The fraction of sp³-hybridized carbons (Fsp3) is 0.929. The highest BCUT2D eigenvalue weighted by molar-refractivity contribution is 7.71. The normalized spacial score (nSPS) is 25.0. The third-order valence-corrected chi connectivity index (χ3v) is 4.60. The summed E-state index contributed by atoms with van der Waals surface area (Å²) in [7, 11) is 0. The third kappa shape index (κ3) is 3.24. The molecule has 0 N–H and O–H groups in total. The number of aromatic nitrogens is 4. The molecule has 2 saturated heterocycles. The van der Waals surface area contributed by atoms with Gasteiger partial charge < -0.3 is 9.47 Å². The van der Waals surface area contributed by atoms with Gasteiger partial charge in [0.2, 0.25) is 4.77 Å². The van der Waals surface area contributed by atoms with Crippen molar-refractivity contribution in [2.45, 2.75) is 64.6 Å². The van der Waals surface area contributed by atoms with Crippen molar-refractivity contribution < 1.29 is 9.47 Å². The highest BCUT2D eigenvalue weighted by Gasteiger charge is 2.34. The van der Waals surface area contributed by atoms with Gasteiger partial charge in [-0.15, -0.1) is 0 Å². The largest absolute Gasteiger partial charge is 0.349 e. The molecule has 7 nitrogen and oxygen atoms in total. The van der Waals surface area contributed by atoms with E-state index in [4.69, 9.17) is 21.7 Å². The first-order valence-electron chi connectivity index (χ1n) is 7.97. The molecular formula is C14H25N5O2S. The van der Waals surface area contributed by atoms with E-state index in [0.29, 0.717) is 24.7 Å². The van der Waals surface area contributed by atoms with Gasteiger partial charge in [-0.25, -0.2) is 9.36 Å². The second-order valence-electron chi connectivity index (χ2n) is 6.97. The number of hydrogen-bond acceptors (Lipinski definition) is 6. The smallest absolute Gasteiger partial charge is 0.217 e. The number of likely N-dealkylation sites (tertiary alicyclic amines) is 1. The van der Waals surface area contributed by atoms with Crippen LogP contribution in [0.4, 0.5) is 0 Å². The molecule has 3 heterocycles. The zero-order chi connectivity index (χ0) is 15.7. The van der Waals surface area contributed by atoms with Crippen LogP contribution in [0.1, 0.15) is 40.0 Å². The monoisotopic (exact) mass is 327 g/mol. The fourth-order valence-corrected chi connectivity index (χ4v) is 3.46. The van der Waals surface area contributed by atoms with E-state index in [1.54, 1.807) is 9.36 Å². The van der Waals surface area contributed by atoms with E-state index >= 15 is 0 Å². The predicted octanol–water partition coefficient (Wildman–Crippen LogP) is 1.75. The van der Waals surface area contributed by atoms with Crippen LogP contribution in [0.3, 0.4) is 0 Å². The van der Waals surface area contributed by atoms with Gasteiger partial charge in [0.05, 0.1) is 31.5 Å². The Bertz CT molecular complexity index is 558. The van der Waals surface area contributed by atoms with Gasteiger partial charge in [-0.05, 0) is 56.3 Å². The van der Waals surface area contributed by atoms with Crippen LogP contribution in [0.25, 0.3) is 0 Å². The number of hydrogen-bond donors (Lipinski definition) is 0. The highest BCUT2D eigenvalue weighted by Crippen LogP contribution is 2.25. The molecule has 0 radical (unpaired) electrons. The summed E-state index contributed by atoms with van der Waals surface area (Å²) in [6, 6.07) is 0.276. The quantitative estimate of drug-likeness (QED) is 0.789. The molecule has 0 bridgehead atoms. The van der Waals surface area contributed by atoms with Crippen LogP contribution in [0, 0.1) is 4.77 Å². The Morgan fingerprint density at radius 1 is 1.18 bits per heavy atom. The summed E-state index contributed by atoms with van der Waals surface area (Å²) in [5.74, 6) is 0. The summed E-state index contributed by atoms with van der Waals surface area (Å²) in [4.78, 5) is 2.36. The lowest BCUT2D eigenvalue weighted by Crippen LogP contribution is -2.48. The first-order chi connectivity index (χ1) is 10.5. The number of tetrazole rings is 1. The topological polar surface area (TPSA) is 57.3 Å². The Morgan fingerprint density at radius 3 is 2.55 bits per heavy atom. The van der Waals surface area contributed by atoms with Crippen molar-refractivity contribution in [3.63, 3.8) is 0 Å². The van der Waals surface area contributed by atoms with Crippen LogP contribution in [0.2, 0.25) is 0 Å². The van der Waals surface area contributed by atoms with E-state index in [1.807, 2.05) is 0 Å². The Balaban J connectivity index is 1.76. The minimum absolute atomic E-state index is 0.118. The minimum atomic E-state index is -0.158. The fourth-order valence-electron chi connectivity index (χ4n) is 3.06. The molecule has 2 aliphatic rings. The molecule has 1 atom stereocenters. The molecule has 124 valence electrons. The lowest BCUT2D eigenvalue weighted by molar-refractivity contribution is -0.116. The lowest BCUT2D eigenvalue weighted by Gasteiger charge is -2.37. The van der Waals surface area contributed by atoms with E-state index in [0.717, 1.165) is 13.0 Å². The summed E-state index contributed by atoms with van der Waals surface area (Å²) in [6.45, 7) is 9.26. The van der Waals surface area contributed by atoms with Gasteiger partial charge in [-0.1, -0.05) is 6.42 Å². The van der Waals surface area contributed by atoms with E-state index in [2.05, 4.69) is 36.1 Å². The Kier molecular flexibility index (Phi) is 4.63. The summed E-state index contributed by atoms with van der Waals surface area (Å²) in [5, 5.41) is 8.45. The molecule has 0 aliphatic carbocycles. The van der Waals surface area contributed by atoms with Crippen molar-refractivity contribution in [1.29, 1.82) is 0 Å². The molecule has 0 saturated carbocycles. The van der Waals surface area contributed by atoms with Gasteiger partial charge in [0.25, 0.3) is 0 Å². The maximum atomic E-state index is 5.71. The number of nitrogens with zero attached hydrogens (tertiary/aromatic N) is 5. The molecule has 1 unspecified atom stereocenters. The molecule has 2 fully saturated rings. The van der Waals surface area contributed by atoms with Crippen LogP contribution < -0.4 is 0 Å². The van der Waals surface area contributed by atoms with E-state index in [1.165, 1.54) is 12.8 Å². The first-order valence-corrected chi connectivity index (χ1v) is 8.38. The summed E-state index contributed by atoms with van der Waals surface area (Å²) >= 11 is 5.53. The molecular weight excluding hydrogens is 302 g/mol. The average Bonchev–Trinajstić information content (AvgIpc) is 3.10. The Hall–Kier alpha value is -0.830.